The minimum Gasteiger partial charge on any atom is -0.463 e. The molecule has 0 amide bonds. The summed E-state index contributed by atoms with van der Waals surface area (Å²) in [6, 6.07) is 0. The summed E-state index contributed by atoms with van der Waals surface area (Å²) < 4.78 is 15.9. The molecule has 2 atom stereocenters. The van der Waals surface area contributed by atoms with Crippen LogP contribution in [0.25, 0.3) is 0 Å². The van der Waals surface area contributed by atoms with Gasteiger partial charge in [-0.3, -0.25) is 4.79 Å². The van der Waals surface area contributed by atoms with Crippen molar-refractivity contribution < 1.29 is 19.0 Å². The SMILES string of the molecule is CCCCCCCCC(C)C(C)CCCCCCCC(=O)OCCOCCOCCC. The van der Waals surface area contributed by atoms with Gasteiger partial charge >= 0.3 is 5.97 Å². The molecule has 0 heterocycles. The van der Waals surface area contributed by atoms with E-state index in [0.29, 0.717) is 32.8 Å². The molecule has 0 fully saturated rings. The first-order valence-corrected chi connectivity index (χ1v) is 13.4. The number of ether oxygens (including phenoxy) is 3. The fraction of sp³-hybridized carbons (Fsp3) is 0.963. The summed E-state index contributed by atoms with van der Waals surface area (Å²) in [6.45, 7) is 12.0. The average Bonchev–Trinajstić information content (AvgIpc) is 2.76. The molecule has 0 aliphatic heterocycles. The fourth-order valence-electron chi connectivity index (χ4n) is 3.83. The minimum absolute atomic E-state index is 0.0945. The minimum atomic E-state index is -0.0945. The van der Waals surface area contributed by atoms with E-state index < -0.39 is 0 Å². The molecule has 0 aromatic carbocycles. The van der Waals surface area contributed by atoms with Gasteiger partial charge in [-0.15, -0.1) is 0 Å². The summed E-state index contributed by atoms with van der Waals surface area (Å²) in [5.41, 5.74) is 0. The maximum absolute atomic E-state index is 11.7. The highest BCUT2D eigenvalue weighted by molar-refractivity contribution is 5.69. The number of hydrogen-bond donors (Lipinski definition) is 0. The largest absolute Gasteiger partial charge is 0.463 e. The monoisotopic (exact) mass is 442 g/mol. The van der Waals surface area contributed by atoms with Gasteiger partial charge in [0, 0.05) is 13.0 Å². The van der Waals surface area contributed by atoms with E-state index in [2.05, 4.69) is 27.7 Å². The predicted molar refractivity (Wildman–Crippen MR) is 132 cm³/mol. The lowest BCUT2D eigenvalue weighted by atomic mass is 9.86. The van der Waals surface area contributed by atoms with Crippen LogP contribution in [-0.2, 0) is 19.0 Å². The smallest absolute Gasteiger partial charge is 0.305 e. The van der Waals surface area contributed by atoms with E-state index in [0.717, 1.165) is 37.7 Å². The molecule has 0 saturated heterocycles. The fourth-order valence-corrected chi connectivity index (χ4v) is 3.83. The summed E-state index contributed by atoms with van der Waals surface area (Å²) in [5.74, 6) is 1.60. The van der Waals surface area contributed by atoms with Crippen molar-refractivity contribution >= 4 is 5.97 Å². The van der Waals surface area contributed by atoms with Gasteiger partial charge in [0.2, 0.25) is 0 Å². The third-order valence-electron chi connectivity index (χ3n) is 6.24. The Kier molecular flexibility index (Phi) is 23.6. The van der Waals surface area contributed by atoms with Crippen molar-refractivity contribution in [3.63, 3.8) is 0 Å². The van der Waals surface area contributed by atoms with Crippen LogP contribution in [0.4, 0.5) is 0 Å². The molecule has 0 aliphatic rings. The van der Waals surface area contributed by atoms with Crippen LogP contribution in [0, 0.1) is 11.8 Å². The molecule has 31 heavy (non-hydrogen) atoms. The molecule has 0 aromatic rings. The average molecular weight is 443 g/mol. The predicted octanol–water partition coefficient (Wildman–Crippen LogP) is 7.73. The molecule has 0 radical (unpaired) electrons. The van der Waals surface area contributed by atoms with Crippen LogP contribution in [0.1, 0.15) is 124 Å². The molecule has 2 unspecified atom stereocenters. The van der Waals surface area contributed by atoms with Crippen LogP contribution in [0.3, 0.4) is 0 Å². The second-order valence-electron chi connectivity index (χ2n) is 9.26. The van der Waals surface area contributed by atoms with E-state index in [1.807, 2.05) is 0 Å². The van der Waals surface area contributed by atoms with Crippen LogP contribution in [-0.4, -0.2) is 39.0 Å². The molecule has 4 nitrogen and oxygen atoms in total. The number of unbranched alkanes of at least 4 members (excludes halogenated alkanes) is 9. The van der Waals surface area contributed by atoms with E-state index in [1.54, 1.807) is 0 Å². The molecule has 0 N–H and O–H groups in total. The molecular weight excluding hydrogens is 388 g/mol. The Bertz CT molecular complexity index is 372. The number of esters is 1. The molecule has 186 valence electrons. The standard InChI is InChI=1S/C27H54O4/c1-5-7-8-9-11-14-17-25(3)26(4)18-15-12-10-13-16-19-27(28)31-24-23-30-22-21-29-20-6-2/h25-26H,5-24H2,1-4H3. The number of rotatable bonds is 24. The maximum atomic E-state index is 11.7. The van der Waals surface area contributed by atoms with Crippen molar-refractivity contribution in [1.29, 1.82) is 0 Å². The van der Waals surface area contributed by atoms with Crippen molar-refractivity contribution in [2.24, 2.45) is 11.8 Å². The van der Waals surface area contributed by atoms with Crippen molar-refractivity contribution in [2.75, 3.05) is 33.0 Å². The highest BCUT2D eigenvalue weighted by Crippen LogP contribution is 2.24. The van der Waals surface area contributed by atoms with Gasteiger partial charge in [-0.05, 0) is 24.7 Å². The Morgan fingerprint density at radius 1 is 0.581 bits per heavy atom. The van der Waals surface area contributed by atoms with Crippen molar-refractivity contribution in [3.05, 3.63) is 0 Å². The number of hydrogen-bond acceptors (Lipinski definition) is 4. The highest BCUT2D eigenvalue weighted by Gasteiger charge is 2.11. The summed E-state index contributed by atoms with van der Waals surface area (Å²) in [5, 5.41) is 0. The molecule has 4 heteroatoms. The Morgan fingerprint density at radius 3 is 1.65 bits per heavy atom. The van der Waals surface area contributed by atoms with Gasteiger partial charge < -0.3 is 14.2 Å². The third-order valence-corrected chi connectivity index (χ3v) is 6.24. The zero-order valence-electron chi connectivity index (χ0n) is 21.4. The van der Waals surface area contributed by atoms with E-state index in [-0.39, 0.29) is 5.97 Å². The van der Waals surface area contributed by atoms with Gasteiger partial charge in [-0.2, -0.15) is 0 Å². The van der Waals surface area contributed by atoms with E-state index in [9.17, 15) is 4.79 Å². The summed E-state index contributed by atoms with van der Waals surface area (Å²) in [4.78, 5) is 11.7. The van der Waals surface area contributed by atoms with Crippen molar-refractivity contribution in [2.45, 2.75) is 124 Å². The molecule has 0 aromatic heterocycles. The van der Waals surface area contributed by atoms with Gasteiger partial charge in [0.25, 0.3) is 0 Å². The Labute approximate surface area is 194 Å². The van der Waals surface area contributed by atoms with E-state index in [4.69, 9.17) is 14.2 Å². The van der Waals surface area contributed by atoms with Crippen molar-refractivity contribution in [1.82, 2.24) is 0 Å². The molecule has 0 rings (SSSR count). The van der Waals surface area contributed by atoms with E-state index >= 15 is 0 Å². The van der Waals surface area contributed by atoms with Gasteiger partial charge in [-0.1, -0.05) is 105 Å². The second kappa shape index (κ2) is 24.0. The Hall–Kier alpha value is -0.610. The third kappa shape index (κ3) is 22.4. The Morgan fingerprint density at radius 2 is 1.06 bits per heavy atom. The molecule has 0 bridgehead atoms. The van der Waals surface area contributed by atoms with Crippen molar-refractivity contribution in [3.8, 4) is 0 Å². The first kappa shape index (κ1) is 30.4. The summed E-state index contributed by atoms with van der Waals surface area (Å²) in [6.07, 6.45) is 18.6. The van der Waals surface area contributed by atoms with Gasteiger partial charge in [0.1, 0.15) is 6.61 Å². The lowest BCUT2D eigenvalue weighted by Crippen LogP contribution is -2.12. The normalized spacial score (nSPS) is 13.3. The first-order chi connectivity index (χ1) is 15.1. The quantitative estimate of drug-likeness (QED) is 0.113. The van der Waals surface area contributed by atoms with Crippen LogP contribution >= 0.6 is 0 Å². The van der Waals surface area contributed by atoms with Crippen LogP contribution in [0.15, 0.2) is 0 Å². The summed E-state index contributed by atoms with van der Waals surface area (Å²) in [7, 11) is 0. The zero-order valence-corrected chi connectivity index (χ0v) is 21.4. The van der Waals surface area contributed by atoms with Crippen LogP contribution < -0.4 is 0 Å². The molecule has 0 spiro atoms. The first-order valence-electron chi connectivity index (χ1n) is 13.4. The number of carbonyl (C=O) groups is 1. The Balaban J connectivity index is 3.38. The summed E-state index contributed by atoms with van der Waals surface area (Å²) >= 11 is 0. The van der Waals surface area contributed by atoms with Gasteiger partial charge in [-0.25, -0.2) is 0 Å². The van der Waals surface area contributed by atoms with Crippen LogP contribution in [0.5, 0.6) is 0 Å². The maximum Gasteiger partial charge on any atom is 0.305 e. The topological polar surface area (TPSA) is 44.8 Å². The zero-order chi connectivity index (χ0) is 23.0. The van der Waals surface area contributed by atoms with E-state index in [1.165, 1.54) is 70.6 Å². The molecular formula is C27H54O4. The highest BCUT2D eigenvalue weighted by atomic mass is 16.6. The second-order valence-corrected chi connectivity index (χ2v) is 9.26. The molecule has 0 aliphatic carbocycles. The lowest BCUT2D eigenvalue weighted by Gasteiger charge is -2.19. The van der Waals surface area contributed by atoms with Gasteiger partial charge in [0.05, 0.1) is 19.8 Å². The molecule has 0 saturated carbocycles. The van der Waals surface area contributed by atoms with Crippen LogP contribution in [0.2, 0.25) is 0 Å². The van der Waals surface area contributed by atoms with Gasteiger partial charge in [0.15, 0.2) is 0 Å². The number of carbonyl (C=O) groups excluding carboxylic acids is 1. The lowest BCUT2D eigenvalue weighted by molar-refractivity contribution is -0.145.